The molecule has 8 nitrogen and oxygen atoms in total. The number of anilines is 1. The summed E-state index contributed by atoms with van der Waals surface area (Å²) in [5, 5.41) is 9.64. The smallest absolute Gasteiger partial charge is 0.328 e. The summed E-state index contributed by atoms with van der Waals surface area (Å²) in [6.07, 6.45) is 0. The first-order valence-electron chi connectivity index (χ1n) is 8.98. The third-order valence-corrected chi connectivity index (χ3v) is 7.21. The molecule has 0 radical (unpaired) electrons. The second-order valence-corrected chi connectivity index (χ2v) is 8.90. The third-order valence-electron chi connectivity index (χ3n) is 5.31. The fraction of sp³-hybridized carbons (Fsp3) is 0.316. The molecule has 0 amide bonds. The first kappa shape index (κ1) is 18.6. The van der Waals surface area contributed by atoms with Crippen LogP contribution in [0.3, 0.4) is 0 Å². The van der Waals surface area contributed by atoms with E-state index in [2.05, 4.69) is 4.90 Å². The minimum atomic E-state index is -3.65. The molecule has 4 rings (SSSR count). The maximum absolute atomic E-state index is 13.1. The van der Waals surface area contributed by atoms with Crippen LogP contribution in [0.1, 0.15) is 0 Å². The topological polar surface area (TPSA) is 87.8 Å². The van der Waals surface area contributed by atoms with Crippen LogP contribution in [-0.2, 0) is 24.1 Å². The van der Waals surface area contributed by atoms with Crippen LogP contribution in [-0.4, -0.2) is 53.1 Å². The lowest BCUT2D eigenvalue weighted by atomic mass is 10.2. The molecule has 1 aliphatic heterocycles. The minimum Gasteiger partial charge on any atom is -0.508 e. The molecular weight excluding hydrogens is 380 g/mol. The molecule has 1 aromatic heterocycles. The van der Waals surface area contributed by atoms with E-state index in [4.69, 9.17) is 0 Å². The first-order chi connectivity index (χ1) is 13.3. The van der Waals surface area contributed by atoms with E-state index in [1.807, 2.05) is 6.07 Å². The summed E-state index contributed by atoms with van der Waals surface area (Å²) in [5.74, 6) is 0.189. The number of hydrogen-bond donors (Lipinski definition) is 1. The Morgan fingerprint density at radius 1 is 0.893 bits per heavy atom. The van der Waals surface area contributed by atoms with E-state index >= 15 is 0 Å². The van der Waals surface area contributed by atoms with Crippen LogP contribution in [0.4, 0.5) is 5.69 Å². The molecule has 0 atom stereocenters. The van der Waals surface area contributed by atoms with Crippen molar-refractivity contribution >= 4 is 26.7 Å². The van der Waals surface area contributed by atoms with Gasteiger partial charge in [-0.05, 0) is 30.3 Å². The molecule has 1 N–H and O–H groups in total. The fourth-order valence-electron chi connectivity index (χ4n) is 3.67. The molecule has 148 valence electrons. The van der Waals surface area contributed by atoms with Gasteiger partial charge in [0.2, 0.25) is 10.0 Å². The Morgan fingerprint density at radius 2 is 1.57 bits per heavy atom. The Morgan fingerprint density at radius 3 is 2.25 bits per heavy atom. The van der Waals surface area contributed by atoms with E-state index in [1.54, 1.807) is 50.5 Å². The first-order valence-corrected chi connectivity index (χ1v) is 10.4. The number of aromatic nitrogens is 2. The largest absolute Gasteiger partial charge is 0.508 e. The number of phenols is 1. The molecule has 9 heteroatoms. The highest BCUT2D eigenvalue weighted by Gasteiger charge is 2.29. The van der Waals surface area contributed by atoms with Gasteiger partial charge in [-0.2, -0.15) is 4.31 Å². The summed E-state index contributed by atoms with van der Waals surface area (Å²) in [4.78, 5) is 14.3. The number of nitrogens with zero attached hydrogens (tertiary/aromatic N) is 4. The van der Waals surface area contributed by atoms with Gasteiger partial charge in [0.1, 0.15) is 5.75 Å². The number of aromatic hydroxyl groups is 1. The molecule has 1 fully saturated rings. The monoisotopic (exact) mass is 402 g/mol. The normalized spacial score (nSPS) is 16.0. The van der Waals surface area contributed by atoms with Crippen molar-refractivity contribution in [1.29, 1.82) is 0 Å². The average Bonchev–Trinajstić information content (AvgIpc) is 2.92. The van der Waals surface area contributed by atoms with E-state index in [0.717, 1.165) is 5.69 Å². The molecule has 3 aromatic rings. The summed E-state index contributed by atoms with van der Waals surface area (Å²) in [7, 11) is -0.355. The van der Waals surface area contributed by atoms with Crippen LogP contribution < -0.4 is 10.6 Å². The van der Waals surface area contributed by atoms with Crippen molar-refractivity contribution < 1.29 is 13.5 Å². The van der Waals surface area contributed by atoms with Gasteiger partial charge in [0, 0.05) is 52.0 Å². The molecule has 1 aliphatic rings. The SMILES string of the molecule is Cn1c(=O)n(C)c2cc(S(=O)(=O)N3CCN(c4cccc(O)c4)CC3)ccc21. The van der Waals surface area contributed by atoms with Crippen molar-refractivity contribution in [3.8, 4) is 5.75 Å². The predicted octanol–water partition coefficient (Wildman–Crippen LogP) is 1.09. The van der Waals surface area contributed by atoms with E-state index < -0.39 is 10.0 Å². The molecule has 0 aliphatic carbocycles. The number of hydrogen-bond acceptors (Lipinski definition) is 5. The zero-order valence-corrected chi connectivity index (χ0v) is 16.6. The molecule has 2 heterocycles. The van der Waals surface area contributed by atoms with Gasteiger partial charge in [0.25, 0.3) is 0 Å². The number of rotatable bonds is 3. The Labute approximate surface area is 162 Å². The number of sulfonamides is 1. The lowest BCUT2D eigenvalue weighted by Crippen LogP contribution is -2.48. The quantitative estimate of drug-likeness (QED) is 0.709. The van der Waals surface area contributed by atoms with Crippen LogP contribution in [0.5, 0.6) is 5.75 Å². The Bertz CT molecular complexity index is 1200. The summed E-state index contributed by atoms with van der Waals surface area (Å²) in [5.41, 5.74) is 1.97. The van der Waals surface area contributed by atoms with Gasteiger partial charge in [-0.15, -0.1) is 0 Å². The van der Waals surface area contributed by atoms with Gasteiger partial charge in [-0.25, -0.2) is 13.2 Å². The highest BCUT2D eigenvalue weighted by Crippen LogP contribution is 2.25. The molecule has 0 unspecified atom stereocenters. The van der Waals surface area contributed by atoms with E-state index in [-0.39, 0.29) is 16.3 Å². The van der Waals surface area contributed by atoms with Crippen molar-refractivity contribution in [2.24, 2.45) is 14.1 Å². The lowest BCUT2D eigenvalue weighted by Gasteiger charge is -2.35. The maximum atomic E-state index is 13.1. The maximum Gasteiger partial charge on any atom is 0.328 e. The van der Waals surface area contributed by atoms with E-state index in [1.165, 1.54) is 13.4 Å². The number of phenolic OH excluding ortho intramolecular Hbond substituents is 1. The van der Waals surface area contributed by atoms with Crippen LogP contribution in [0.2, 0.25) is 0 Å². The highest BCUT2D eigenvalue weighted by atomic mass is 32.2. The average molecular weight is 402 g/mol. The Kier molecular flexibility index (Phi) is 4.43. The summed E-state index contributed by atoms with van der Waals surface area (Å²) in [6, 6.07) is 11.7. The number of aryl methyl sites for hydroxylation is 2. The standard InChI is InChI=1S/C19H22N4O4S/c1-20-17-7-6-16(13-18(17)21(2)19(20)25)28(26,27)23-10-8-22(9-11-23)14-4-3-5-15(24)12-14/h3-7,12-13,24H,8-11H2,1-2H3. The number of imidazole rings is 1. The summed E-state index contributed by atoms with van der Waals surface area (Å²) >= 11 is 0. The molecule has 0 saturated carbocycles. The van der Waals surface area contributed by atoms with E-state index in [9.17, 15) is 18.3 Å². The van der Waals surface area contributed by atoms with Crippen molar-refractivity contribution in [2.45, 2.75) is 4.90 Å². The molecule has 1 saturated heterocycles. The molecule has 2 aromatic carbocycles. The van der Waals surface area contributed by atoms with Gasteiger partial charge in [0.15, 0.2) is 0 Å². The van der Waals surface area contributed by atoms with Gasteiger partial charge in [-0.3, -0.25) is 9.13 Å². The van der Waals surface area contributed by atoms with Crippen LogP contribution in [0.25, 0.3) is 11.0 Å². The van der Waals surface area contributed by atoms with Crippen molar-refractivity contribution in [2.75, 3.05) is 31.1 Å². The van der Waals surface area contributed by atoms with Gasteiger partial charge in [0.05, 0.1) is 15.9 Å². The number of benzene rings is 2. The molecule has 0 spiro atoms. The van der Waals surface area contributed by atoms with Crippen molar-refractivity contribution in [3.05, 3.63) is 52.9 Å². The minimum absolute atomic E-state index is 0.187. The predicted molar refractivity (Wildman–Crippen MR) is 107 cm³/mol. The summed E-state index contributed by atoms with van der Waals surface area (Å²) < 4.78 is 30.6. The highest BCUT2D eigenvalue weighted by molar-refractivity contribution is 7.89. The van der Waals surface area contributed by atoms with Gasteiger partial charge < -0.3 is 10.0 Å². The molecule has 0 bridgehead atoms. The number of piperazine rings is 1. The van der Waals surface area contributed by atoms with Crippen molar-refractivity contribution in [3.63, 3.8) is 0 Å². The lowest BCUT2D eigenvalue weighted by molar-refractivity contribution is 0.384. The van der Waals surface area contributed by atoms with Crippen LogP contribution >= 0.6 is 0 Å². The Balaban J connectivity index is 1.59. The summed E-state index contributed by atoms with van der Waals surface area (Å²) in [6.45, 7) is 1.77. The van der Waals surface area contributed by atoms with Crippen LogP contribution in [0.15, 0.2) is 52.2 Å². The molecule has 28 heavy (non-hydrogen) atoms. The van der Waals surface area contributed by atoms with Gasteiger partial charge in [-0.1, -0.05) is 6.07 Å². The second kappa shape index (κ2) is 6.68. The van der Waals surface area contributed by atoms with Crippen LogP contribution in [0, 0.1) is 0 Å². The van der Waals surface area contributed by atoms with E-state index in [0.29, 0.717) is 37.2 Å². The third kappa shape index (κ3) is 2.96. The van der Waals surface area contributed by atoms with Crippen molar-refractivity contribution in [1.82, 2.24) is 13.4 Å². The Hall–Kier alpha value is -2.78. The zero-order valence-electron chi connectivity index (χ0n) is 15.7. The number of fused-ring (bicyclic) bond motifs is 1. The fourth-order valence-corrected chi connectivity index (χ4v) is 5.12. The second-order valence-electron chi connectivity index (χ2n) is 6.96. The van der Waals surface area contributed by atoms with Gasteiger partial charge >= 0.3 is 5.69 Å². The zero-order chi connectivity index (χ0) is 20.1. The molecular formula is C19H22N4O4S.